The third kappa shape index (κ3) is 2.02. The summed E-state index contributed by atoms with van der Waals surface area (Å²) >= 11 is 1.29. The Morgan fingerprint density at radius 1 is 1.50 bits per heavy atom. The average molecular weight is 259 g/mol. The molecule has 1 fully saturated rings. The highest BCUT2D eigenvalue weighted by atomic mass is 32.2. The summed E-state index contributed by atoms with van der Waals surface area (Å²) in [5.41, 5.74) is 0.173. The van der Waals surface area contributed by atoms with E-state index >= 15 is 0 Å². The van der Waals surface area contributed by atoms with E-state index in [1.807, 2.05) is 6.07 Å². The minimum atomic E-state index is -0.184. The van der Waals surface area contributed by atoms with Gasteiger partial charge >= 0.3 is 5.69 Å². The molecular weight excluding hydrogens is 250 g/mol. The first-order valence-corrected chi connectivity index (χ1v) is 6.31. The Balaban J connectivity index is 1.92. The fourth-order valence-electron chi connectivity index (χ4n) is 1.64. The molecule has 2 aromatic rings. The second-order valence-corrected chi connectivity index (χ2v) is 4.97. The second-order valence-electron chi connectivity index (χ2n) is 3.99. The van der Waals surface area contributed by atoms with E-state index < -0.39 is 0 Å². The normalized spacial score (nSPS) is 14.4. The van der Waals surface area contributed by atoms with Crippen LogP contribution < -0.4 is 5.69 Å². The van der Waals surface area contributed by atoms with Crippen molar-refractivity contribution in [2.75, 3.05) is 0 Å². The van der Waals surface area contributed by atoms with Crippen molar-refractivity contribution in [3.63, 3.8) is 0 Å². The third-order valence-corrected chi connectivity index (χ3v) is 3.53. The third-order valence-electron chi connectivity index (χ3n) is 2.62. The van der Waals surface area contributed by atoms with E-state index in [1.165, 1.54) is 11.8 Å². The van der Waals surface area contributed by atoms with Crippen molar-refractivity contribution >= 4 is 11.8 Å². The number of hydrogen-bond donors (Lipinski definition) is 1. The molecule has 1 aliphatic carbocycles. The predicted octanol–water partition coefficient (Wildman–Crippen LogP) is 1.32. The van der Waals surface area contributed by atoms with Gasteiger partial charge in [-0.3, -0.25) is 4.57 Å². The van der Waals surface area contributed by atoms with Gasteiger partial charge in [-0.25, -0.2) is 14.9 Å². The molecule has 7 heteroatoms. The maximum Gasteiger partial charge on any atom is 0.344 e. The molecule has 0 atom stereocenters. The summed E-state index contributed by atoms with van der Waals surface area (Å²) in [5.74, 6) is 0. The lowest BCUT2D eigenvalue weighted by Crippen LogP contribution is -2.16. The number of pyridine rings is 1. The smallest absolute Gasteiger partial charge is 0.267 e. The summed E-state index contributed by atoms with van der Waals surface area (Å²) in [4.78, 5) is 15.7. The molecule has 0 unspecified atom stereocenters. The number of H-pyrrole nitrogens is 1. The van der Waals surface area contributed by atoms with Gasteiger partial charge in [-0.15, -0.1) is 5.10 Å². The van der Waals surface area contributed by atoms with Gasteiger partial charge in [0.15, 0.2) is 5.16 Å². The molecular formula is C11H9N5OS. The van der Waals surface area contributed by atoms with Crippen LogP contribution in [0.5, 0.6) is 0 Å². The van der Waals surface area contributed by atoms with Crippen molar-refractivity contribution in [2.45, 2.75) is 29.1 Å². The number of rotatable bonds is 3. The summed E-state index contributed by atoms with van der Waals surface area (Å²) in [6.07, 6.45) is 2.03. The average Bonchev–Trinajstić information content (AvgIpc) is 3.15. The second kappa shape index (κ2) is 4.31. The van der Waals surface area contributed by atoms with Gasteiger partial charge in [0.25, 0.3) is 0 Å². The predicted molar refractivity (Wildman–Crippen MR) is 64.2 cm³/mol. The van der Waals surface area contributed by atoms with E-state index in [0.29, 0.717) is 15.9 Å². The van der Waals surface area contributed by atoms with E-state index in [2.05, 4.69) is 15.2 Å². The number of aromatic nitrogens is 4. The molecule has 0 aromatic carbocycles. The van der Waals surface area contributed by atoms with Gasteiger partial charge in [-0.05, 0) is 36.7 Å². The monoisotopic (exact) mass is 259 g/mol. The summed E-state index contributed by atoms with van der Waals surface area (Å²) < 4.78 is 1.66. The Kier molecular flexibility index (Phi) is 2.64. The summed E-state index contributed by atoms with van der Waals surface area (Å²) in [6, 6.07) is 7.45. The molecule has 0 saturated heterocycles. The van der Waals surface area contributed by atoms with E-state index in [4.69, 9.17) is 5.26 Å². The zero-order valence-corrected chi connectivity index (χ0v) is 10.1. The molecule has 1 N–H and O–H groups in total. The number of nitrogens with zero attached hydrogens (tertiary/aromatic N) is 4. The molecule has 0 bridgehead atoms. The van der Waals surface area contributed by atoms with E-state index in [0.717, 1.165) is 12.8 Å². The molecule has 0 amide bonds. The molecule has 90 valence electrons. The van der Waals surface area contributed by atoms with Crippen LogP contribution in [0.3, 0.4) is 0 Å². The van der Waals surface area contributed by atoms with Gasteiger partial charge < -0.3 is 0 Å². The van der Waals surface area contributed by atoms with Crippen LogP contribution in [-0.2, 0) is 0 Å². The van der Waals surface area contributed by atoms with Crippen molar-refractivity contribution in [2.24, 2.45) is 0 Å². The molecule has 1 aliphatic rings. The Hall–Kier alpha value is -2.07. The lowest BCUT2D eigenvalue weighted by Gasteiger charge is -2.02. The largest absolute Gasteiger partial charge is 0.344 e. The minimum Gasteiger partial charge on any atom is -0.267 e. The van der Waals surface area contributed by atoms with Gasteiger partial charge in [-0.1, -0.05) is 6.07 Å². The van der Waals surface area contributed by atoms with Crippen LogP contribution in [-0.4, -0.2) is 19.7 Å². The maximum absolute atomic E-state index is 11.6. The lowest BCUT2D eigenvalue weighted by atomic mass is 10.4. The number of nitrogens with one attached hydrogen (secondary N) is 1. The Bertz CT molecular complexity index is 679. The quantitative estimate of drug-likeness (QED) is 0.898. The number of hydrogen-bond acceptors (Lipinski definition) is 5. The molecule has 2 aromatic heterocycles. The molecule has 0 radical (unpaired) electrons. The highest BCUT2D eigenvalue weighted by Crippen LogP contribution is 2.37. The topological polar surface area (TPSA) is 87.4 Å². The van der Waals surface area contributed by atoms with Crippen LogP contribution in [0.2, 0.25) is 0 Å². The van der Waals surface area contributed by atoms with Gasteiger partial charge in [-0.2, -0.15) is 5.26 Å². The fraction of sp³-hybridized carbons (Fsp3) is 0.273. The molecule has 6 nitrogen and oxygen atoms in total. The van der Waals surface area contributed by atoms with E-state index in [-0.39, 0.29) is 11.7 Å². The molecule has 0 aliphatic heterocycles. The van der Waals surface area contributed by atoms with Crippen molar-refractivity contribution in [3.8, 4) is 6.07 Å². The van der Waals surface area contributed by atoms with Crippen molar-refractivity contribution in [3.05, 3.63) is 34.4 Å². The minimum absolute atomic E-state index is 0.184. The summed E-state index contributed by atoms with van der Waals surface area (Å²) in [6.45, 7) is 0. The first-order valence-electron chi connectivity index (χ1n) is 5.50. The van der Waals surface area contributed by atoms with Crippen LogP contribution in [0.15, 0.2) is 33.2 Å². The van der Waals surface area contributed by atoms with Crippen molar-refractivity contribution in [1.29, 1.82) is 5.26 Å². The van der Waals surface area contributed by atoms with Crippen LogP contribution >= 0.6 is 11.8 Å². The number of aromatic amines is 1. The molecule has 1 saturated carbocycles. The van der Waals surface area contributed by atoms with Crippen LogP contribution in [0.4, 0.5) is 0 Å². The number of nitriles is 1. The van der Waals surface area contributed by atoms with Gasteiger partial charge in [0.1, 0.15) is 16.8 Å². The highest BCUT2D eigenvalue weighted by Gasteiger charge is 2.28. The van der Waals surface area contributed by atoms with Gasteiger partial charge in [0.2, 0.25) is 0 Å². The van der Waals surface area contributed by atoms with Crippen LogP contribution in [0, 0.1) is 11.3 Å². The highest BCUT2D eigenvalue weighted by molar-refractivity contribution is 7.99. The van der Waals surface area contributed by atoms with Crippen LogP contribution in [0.25, 0.3) is 0 Å². The Morgan fingerprint density at radius 3 is 3.06 bits per heavy atom. The van der Waals surface area contributed by atoms with Crippen molar-refractivity contribution < 1.29 is 0 Å². The summed E-state index contributed by atoms with van der Waals surface area (Å²) in [7, 11) is 0. The van der Waals surface area contributed by atoms with E-state index in [1.54, 1.807) is 22.8 Å². The van der Waals surface area contributed by atoms with Crippen molar-refractivity contribution in [1.82, 2.24) is 19.7 Å². The standard InChI is InChI=1S/C11H9N5OS/c12-6-7-2-1-3-9(13-7)18-11-15-14-10(17)16(11)8-4-5-8/h1-3,8H,4-5H2,(H,14,17). The SMILES string of the molecule is N#Cc1cccc(Sc2n[nH]c(=O)n2C2CC2)n1. The zero-order chi connectivity index (χ0) is 12.5. The van der Waals surface area contributed by atoms with Gasteiger partial charge in [0, 0.05) is 6.04 Å². The zero-order valence-electron chi connectivity index (χ0n) is 9.33. The Morgan fingerprint density at radius 2 is 2.33 bits per heavy atom. The Labute approximate surface area is 107 Å². The molecule has 2 heterocycles. The fourth-order valence-corrected chi connectivity index (χ4v) is 2.54. The first-order chi connectivity index (χ1) is 8.78. The lowest BCUT2D eigenvalue weighted by molar-refractivity contribution is 0.642. The summed E-state index contributed by atoms with van der Waals surface area (Å²) in [5, 5.41) is 16.5. The van der Waals surface area contributed by atoms with Crippen LogP contribution in [0.1, 0.15) is 24.6 Å². The molecule has 0 spiro atoms. The molecule has 18 heavy (non-hydrogen) atoms. The first kappa shape index (κ1) is 11.0. The van der Waals surface area contributed by atoms with E-state index in [9.17, 15) is 4.79 Å². The van der Waals surface area contributed by atoms with Gasteiger partial charge in [0.05, 0.1) is 0 Å². The molecule has 3 rings (SSSR count). The maximum atomic E-state index is 11.6.